The van der Waals surface area contributed by atoms with E-state index in [-0.39, 0.29) is 0 Å². The minimum absolute atomic E-state index is 0.496. The predicted molar refractivity (Wildman–Crippen MR) is 118 cm³/mol. The van der Waals surface area contributed by atoms with Crippen molar-refractivity contribution in [3.8, 4) is 0 Å². The lowest BCUT2D eigenvalue weighted by Gasteiger charge is -2.33. The monoisotopic (exact) mass is 375 g/mol. The van der Waals surface area contributed by atoms with Gasteiger partial charge in [-0.1, -0.05) is 109 Å². The third-order valence-electron chi connectivity index (χ3n) is 5.37. The Labute approximate surface area is 171 Å². The summed E-state index contributed by atoms with van der Waals surface area (Å²) in [6.07, 6.45) is 0. The van der Waals surface area contributed by atoms with Crippen LogP contribution in [-0.4, -0.2) is 5.71 Å². The maximum Gasteiger partial charge on any atom is 0.163 e. The Bertz CT molecular complexity index is 1140. The number of aliphatic imine (C=N–C) groups is 1. The van der Waals surface area contributed by atoms with E-state index in [1.54, 1.807) is 0 Å². The number of hydrogen-bond acceptors (Lipinski definition) is 2. The second-order valence-electron chi connectivity index (χ2n) is 7.17. The summed E-state index contributed by atoms with van der Waals surface area (Å²) < 4.78 is 6.83. The highest BCUT2D eigenvalue weighted by Crippen LogP contribution is 2.47. The summed E-state index contributed by atoms with van der Waals surface area (Å²) >= 11 is 0. The predicted octanol–water partition coefficient (Wildman–Crippen LogP) is 6.28. The number of benzene rings is 4. The molecule has 5 rings (SSSR count). The first-order chi connectivity index (χ1) is 14.4. The maximum atomic E-state index is 6.83. The molecule has 0 amide bonds. The van der Waals surface area contributed by atoms with Gasteiger partial charge in [-0.3, -0.25) is 0 Å². The van der Waals surface area contributed by atoms with Gasteiger partial charge in [-0.05, 0) is 22.8 Å². The molecular weight excluding hydrogens is 354 g/mol. The van der Waals surface area contributed by atoms with Crippen molar-refractivity contribution in [2.24, 2.45) is 4.99 Å². The van der Waals surface area contributed by atoms with E-state index < -0.39 is 5.60 Å². The van der Waals surface area contributed by atoms with Gasteiger partial charge in [0.05, 0.1) is 18.0 Å². The van der Waals surface area contributed by atoms with Crippen LogP contribution in [0, 0.1) is 0 Å². The number of rotatable bonds is 5. The summed E-state index contributed by atoms with van der Waals surface area (Å²) in [6.45, 7) is 0.496. The molecule has 2 nitrogen and oxygen atoms in total. The minimum atomic E-state index is -0.755. The van der Waals surface area contributed by atoms with Crippen molar-refractivity contribution in [2.45, 2.75) is 12.2 Å². The van der Waals surface area contributed by atoms with Crippen molar-refractivity contribution in [1.82, 2.24) is 0 Å². The van der Waals surface area contributed by atoms with Crippen molar-refractivity contribution in [1.29, 1.82) is 0 Å². The molecule has 1 atom stereocenters. The van der Waals surface area contributed by atoms with Crippen LogP contribution in [0.2, 0.25) is 0 Å². The van der Waals surface area contributed by atoms with Gasteiger partial charge in [0.15, 0.2) is 5.60 Å². The molecule has 1 unspecified atom stereocenters. The number of ether oxygens (including phenoxy) is 1. The fraction of sp³-hybridized carbons (Fsp3) is 0.0741. The van der Waals surface area contributed by atoms with E-state index in [4.69, 9.17) is 9.73 Å². The lowest BCUT2D eigenvalue weighted by atomic mass is 9.80. The van der Waals surface area contributed by atoms with Gasteiger partial charge in [0.2, 0.25) is 0 Å². The van der Waals surface area contributed by atoms with Gasteiger partial charge in [0.25, 0.3) is 0 Å². The zero-order chi connectivity index (χ0) is 19.5. The average Bonchev–Trinajstić information content (AvgIpc) is 3.15. The molecule has 0 saturated carbocycles. The van der Waals surface area contributed by atoms with Gasteiger partial charge < -0.3 is 4.74 Å². The van der Waals surface area contributed by atoms with Gasteiger partial charge in [-0.25, -0.2) is 4.99 Å². The Morgan fingerprint density at radius 3 is 1.93 bits per heavy atom. The Balaban J connectivity index is 1.71. The summed E-state index contributed by atoms with van der Waals surface area (Å²) in [5.41, 5.74) is 5.52. The molecule has 2 heteroatoms. The van der Waals surface area contributed by atoms with Gasteiger partial charge in [0.1, 0.15) is 0 Å². The second-order valence-corrected chi connectivity index (χ2v) is 7.17. The molecule has 0 spiro atoms. The largest absolute Gasteiger partial charge is 0.354 e. The molecule has 140 valence electrons. The Morgan fingerprint density at radius 2 is 1.21 bits per heavy atom. The number of fused-ring (bicyclic) bond motifs is 1. The third-order valence-corrected chi connectivity index (χ3v) is 5.37. The molecule has 0 radical (unpaired) electrons. The molecule has 0 aromatic heterocycles. The first kappa shape index (κ1) is 17.6. The number of nitrogens with zero attached hydrogens (tertiary/aromatic N) is 1. The van der Waals surface area contributed by atoms with Crippen LogP contribution in [-0.2, 0) is 16.9 Å². The summed E-state index contributed by atoms with van der Waals surface area (Å²) in [5, 5.41) is 0. The van der Waals surface area contributed by atoms with Crippen molar-refractivity contribution in [2.75, 3.05) is 0 Å². The van der Waals surface area contributed by atoms with Crippen LogP contribution >= 0.6 is 0 Å². The van der Waals surface area contributed by atoms with Gasteiger partial charge in [-0.2, -0.15) is 0 Å². The number of para-hydroxylation sites is 1. The lowest BCUT2D eigenvalue weighted by Crippen LogP contribution is -2.38. The van der Waals surface area contributed by atoms with Crippen molar-refractivity contribution in [3.05, 3.63) is 138 Å². The van der Waals surface area contributed by atoms with Gasteiger partial charge >= 0.3 is 0 Å². The quantitative estimate of drug-likeness (QED) is 0.402. The first-order valence-corrected chi connectivity index (χ1v) is 9.85. The van der Waals surface area contributed by atoms with Crippen LogP contribution in [0.1, 0.15) is 22.3 Å². The molecule has 1 aliphatic rings. The Morgan fingerprint density at radius 1 is 0.621 bits per heavy atom. The van der Waals surface area contributed by atoms with Crippen LogP contribution < -0.4 is 0 Å². The SMILES string of the molecule is c1ccc(COC2(c3ccccc3)C(c3ccccc3)=Nc3ccccc32)cc1. The molecule has 0 fully saturated rings. The molecule has 0 N–H and O–H groups in total. The Kier molecular flexibility index (Phi) is 4.55. The van der Waals surface area contributed by atoms with Crippen molar-refractivity contribution in [3.63, 3.8) is 0 Å². The molecule has 0 saturated heterocycles. The highest BCUT2D eigenvalue weighted by molar-refractivity contribution is 6.13. The van der Waals surface area contributed by atoms with Crippen molar-refractivity contribution >= 4 is 11.4 Å². The molecular formula is C27H21NO. The van der Waals surface area contributed by atoms with Crippen LogP contribution in [0.3, 0.4) is 0 Å². The van der Waals surface area contributed by atoms with Gasteiger partial charge in [0, 0.05) is 5.56 Å². The van der Waals surface area contributed by atoms with E-state index in [1.165, 1.54) is 0 Å². The molecule has 4 aromatic carbocycles. The van der Waals surface area contributed by atoms with Gasteiger partial charge in [-0.15, -0.1) is 0 Å². The van der Waals surface area contributed by atoms with Crippen LogP contribution in [0.5, 0.6) is 0 Å². The Hall–Kier alpha value is -3.49. The van der Waals surface area contributed by atoms with Crippen molar-refractivity contribution < 1.29 is 4.74 Å². The fourth-order valence-electron chi connectivity index (χ4n) is 4.02. The van der Waals surface area contributed by atoms with E-state index in [0.29, 0.717) is 6.61 Å². The highest BCUT2D eigenvalue weighted by Gasteiger charge is 2.46. The molecule has 29 heavy (non-hydrogen) atoms. The minimum Gasteiger partial charge on any atom is -0.354 e. The lowest BCUT2D eigenvalue weighted by molar-refractivity contribution is 0.0242. The van der Waals surface area contributed by atoms with E-state index >= 15 is 0 Å². The van der Waals surface area contributed by atoms with E-state index in [1.807, 2.05) is 48.5 Å². The molecule has 1 heterocycles. The zero-order valence-corrected chi connectivity index (χ0v) is 16.0. The molecule has 1 aliphatic heterocycles. The topological polar surface area (TPSA) is 21.6 Å². The fourth-order valence-corrected chi connectivity index (χ4v) is 4.02. The maximum absolute atomic E-state index is 6.83. The first-order valence-electron chi connectivity index (χ1n) is 9.85. The van der Waals surface area contributed by atoms with E-state index in [0.717, 1.165) is 33.7 Å². The summed E-state index contributed by atoms with van der Waals surface area (Å²) in [5.74, 6) is 0. The van der Waals surface area contributed by atoms with E-state index in [2.05, 4.69) is 66.7 Å². The summed E-state index contributed by atoms with van der Waals surface area (Å²) in [4.78, 5) is 5.06. The van der Waals surface area contributed by atoms with Crippen LogP contribution in [0.4, 0.5) is 5.69 Å². The molecule has 4 aromatic rings. The zero-order valence-electron chi connectivity index (χ0n) is 16.0. The smallest absolute Gasteiger partial charge is 0.163 e. The average molecular weight is 375 g/mol. The van der Waals surface area contributed by atoms with Crippen LogP contribution in [0.15, 0.2) is 120 Å². The number of hydrogen-bond donors (Lipinski definition) is 0. The normalized spacial score (nSPS) is 17.6. The second kappa shape index (κ2) is 7.50. The standard InChI is InChI=1S/C27H21NO/c1-4-12-21(13-5-1)20-29-27(23-16-8-3-9-17-23)24-18-10-11-19-25(24)28-26(27)22-14-6-2-7-15-22/h1-19H,20H2. The summed E-state index contributed by atoms with van der Waals surface area (Å²) in [7, 11) is 0. The highest BCUT2D eigenvalue weighted by atomic mass is 16.5. The third kappa shape index (κ3) is 3.08. The summed E-state index contributed by atoms with van der Waals surface area (Å²) in [6, 6.07) is 39.4. The van der Waals surface area contributed by atoms with Crippen LogP contribution in [0.25, 0.3) is 0 Å². The molecule has 0 bridgehead atoms. The molecule has 0 aliphatic carbocycles. The van der Waals surface area contributed by atoms with E-state index in [9.17, 15) is 0 Å².